The highest BCUT2D eigenvalue weighted by Gasteiger charge is 2.15. The molecule has 1 N–H and O–H groups in total. The molecule has 1 aromatic carbocycles. The molecule has 0 atom stereocenters. The minimum atomic E-state index is -0.907. The first-order valence-electron chi connectivity index (χ1n) is 6.05. The zero-order chi connectivity index (χ0) is 14.5. The van der Waals surface area contributed by atoms with Crippen LogP contribution in [0.2, 0.25) is 0 Å². The van der Waals surface area contributed by atoms with E-state index in [4.69, 9.17) is 9.84 Å². The molecule has 106 valence electrons. The van der Waals surface area contributed by atoms with Crippen LogP contribution in [0.25, 0.3) is 11.3 Å². The second-order valence-corrected chi connectivity index (χ2v) is 5.37. The molecule has 20 heavy (non-hydrogen) atoms. The molecule has 0 bridgehead atoms. The van der Waals surface area contributed by atoms with E-state index in [0.29, 0.717) is 23.6 Å². The number of benzene rings is 1. The Kier molecular flexibility index (Phi) is 4.81. The predicted octanol–water partition coefficient (Wildman–Crippen LogP) is 2.77. The Morgan fingerprint density at radius 2 is 2.10 bits per heavy atom. The molecule has 6 heteroatoms. The highest BCUT2D eigenvalue weighted by molar-refractivity contribution is 7.12. The van der Waals surface area contributed by atoms with Crippen LogP contribution in [0.1, 0.15) is 9.88 Å². The second-order valence-electron chi connectivity index (χ2n) is 4.20. The topological polar surface area (TPSA) is 59.4 Å². The van der Waals surface area contributed by atoms with Gasteiger partial charge >= 0.3 is 5.97 Å². The fraction of sp³-hybridized carbons (Fsp3) is 0.286. The third-order valence-corrected chi connectivity index (χ3v) is 3.81. The monoisotopic (exact) mass is 295 g/mol. The molecular formula is C14H14FNO3S. The minimum absolute atomic E-state index is 0.0860. The summed E-state index contributed by atoms with van der Waals surface area (Å²) >= 11 is 1.36. The Morgan fingerprint density at radius 1 is 1.40 bits per heavy atom. The molecule has 0 unspecified atom stereocenters. The number of thiazole rings is 1. The number of rotatable bonds is 6. The van der Waals surface area contributed by atoms with Crippen LogP contribution >= 0.6 is 11.3 Å². The summed E-state index contributed by atoms with van der Waals surface area (Å²) < 4.78 is 18.0. The van der Waals surface area contributed by atoms with Crippen molar-refractivity contribution in [3.8, 4) is 11.3 Å². The van der Waals surface area contributed by atoms with Crippen molar-refractivity contribution in [1.82, 2.24) is 4.98 Å². The maximum absolute atomic E-state index is 13.0. The van der Waals surface area contributed by atoms with Gasteiger partial charge in [-0.15, -0.1) is 11.3 Å². The van der Waals surface area contributed by atoms with Crippen molar-refractivity contribution in [1.29, 1.82) is 0 Å². The van der Waals surface area contributed by atoms with Gasteiger partial charge in [0.1, 0.15) is 5.82 Å². The first-order chi connectivity index (χ1) is 9.60. The Bertz CT molecular complexity index is 595. The van der Waals surface area contributed by atoms with Crippen molar-refractivity contribution >= 4 is 17.3 Å². The van der Waals surface area contributed by atoms with Gasteiger partial charge in [-0.05, 0) is 24.3 Å². The predicted molar refractivity (Wildman–Crippen MR) is 74.4 cm³/mol. The molecule has 0 radical (unpaired) electrons. The molecule has 0 aliphatic rings. The standard InChI is InChI=1S/C14H14FNO3S/c1-19-7-6-12-16-14(11(20-12)8-13(17)18)9-2-4-10(15)5-3-9/h2-5H,6-8H2,1H3,(H,17,18). The zero-order valence-electron chi connectivity index (χ0n) is 10.9. The number of ether oxygens (including phenoxy) is 1. The summed E-state index contributed by atoms with van der Waals surface area (Å²) in [4.78, 5) is 16.1. The summed E-state index contributed by atoms with van der Waals surface area (Å²) in [5.41, 5.74) is 1.34. The van der Waals surface area contributed by atoms with Gasteiger partial charge in [-0.2, -0.15) is 0 Å². The van der Waals surface area contributed by atoms with Crippen LogP contribution < -0.4 is 0 Å². The van der Waals surface area contributed by atoms with Gasteiger partial charge in [0, 0.05) is 24.0 Å². The van der Waals surface area contributed by atoms with Crippen LogP contribution in [0.4, 0.5) is 4.39 Å². The number of halogens is 1. The Hall–Kier alpha value is -1.79. The maximum Gasteiger partial charge on any atom is 0.308 e. The summed E-state index contributed by atoms with van der Waals surface area (Å²) in [5, 5.41) is 9.78. The van der Waals surface area contributed by atoms with Crippen molar-refractivity contribution in [2.24, 2.45) is 0 Å². The molecule has 0 saturated heterocycles. The molecule has 0 aliphatic heterocycles. The lowest BCUT2D eigenvalue weighted by molar-refractivity contribution is -0.136. The largest absolute Gasteiger partial charge is 0.481 e. The fourth-order valence-corrected chi connectivity index (χ4v) is 2.85. The van der Waals surface area contributed by atoms with Crippen LogP contribution in [0.5, 0.6) is 0 Å². The maximum atomic E-state index is 13.0. The van der Waals surface area contributed by atoms with E-state index in [1.807, 2.05) is 0 Å². The number of aromatic nitrogens is 1. The normalized spacial score (nSPS) is 10.7. The lowest BCUT2D eigenvalue weighted by Gasteiger charge is -2.00. The van der Waals surface area contributed by atoms with Gasteiger partial charge in [0.2, 0.25) is 0 Å². The number of aliphatic carboxylic acids is 1. The fourth-order valence-electron chi connectivity index (χ4n) is 1.79. The average molecular weight is 295 g/mol. The number of carboxylic acid groups (broad SMARTS) is 1. The van der Waals surface area contributed by atoms with E-state index in [1.165, 1.54) is 23.5 Å². The number of hydrogen-bond donors (Lipinski definition) is 1. The second kappa shape index (κ2) is 6.58. The van der Waals surface area contributed by atoms with E-state index in [9.17, 15) is 9.18 Å². The molecule has 1 heterocycles. The van der Waals surface area contributed by atoms with Gasteiger partial charge in [0.15, 0.2) is 0 Å². The zero-order valence-corrected chi connectivity index (χ0v) is 11.7. The SMILES string of the molecule is COCCc1nc(-c2ccc(F)cc2)c(CC(=O)O)s1. The molecule has 2 rings (SSSR count). The Balaban J connectivity index is 2.35. The number of nitrogens with zero attached hydrogens (tertiary/aromatic N) is 1. The summed E-state index contributed by atoms with van der Waals surface area (Å²) in [5.74, 6) is -1.24. The molecule has 0 saturated carbocycles. The van der Waals surface area contributed by atoms with Crippen molar-refractivity contribution < 1.29 is 19.0 Å². The summed E-state index contributed by atoms with van der Waals surface area (Å²) in [6.07, 6.45) is 0.548. The molecule has 0 aliphatic carbocycles. The van der Waals surface area contributed by atoms with Crippen LogP contribution in [0, 0.1) is 5.82 Å². The number of methoxy groups -OCH3 is 1. The first kappa shape index (κ1) is 14.6. The smallest absolute Gasteiger partial charge is 0.308 e. The Morgan fingerprint density at radius 3 is 2.70 bits per heavy atom. The summed E-state index contributed by atoms with van der Waals surface area (Å²) in [7, 11) is 1.60. The highest BCUT2D eigenvalue weighted by atomic mass is 32.1. The van der Waals surface area contributed by atoms with E-state index >= 15 is 0 Å². The van der Waals surface area contributed by atoms with Gasteiger partial charge in [-0.1, -0.05) is 0 Å². The third kappa shape index (κ3) is 3.61. The van der Waals surface area contributed by atoms with Crippen LogP contribution in [0.3, 0.4) is 0 Å². The van der Waals surface area contributed by atoms with Gasteiger partial charge in [-0.3, -0.25) is 4.79 Å². The summed E-state index contributed by atoms with van der Waals surface area (Å²) in [6.45, 7) is 0.531. The minimum Gasteiger partial charge on any atom is -0.481 e. The Labute approximate surface area is 119 Å². The van der Waals surface area contributed by atoms with E-state index in [0.717, 1.165) is 10.6 Å². The lowest BCUT2D eigenvalue weighted by Crippen LogP contribution is -1.99. The highest BCUT2D eigenvalue weighted by Crippen LogP contribution is 2.29. The summed E-state index contributed by atoms with van der Waals surface area (Å²) in [6, 6.07) is 5.90. The van der Waals surface area contributed by atoms with Crippen LogP contribution in [0.15, 0.2) is 24.3 Å². The van der Waals surface area contributed by atoms with Crippen molar-refractivity contribution in [3.05, 3.63) is 40.0 Å². The van der Waals surface area contributed by atoms with Crippen molar-refractivity contribution in [3.63, 3.8) is 0 Å². The molecule has 0 amide bonds. The van der Waals surface area contributed by atoms with E-state index < -0.39 is 5.97 Å². The molecule has 0 spiro atoms. The van der Waals surface area contributed by atoms with Gasteiger partial charge in [0.05, 0.1) is 23.7 Å². The van der Waals surface area contributed by atoms with Gasteiger partial charge < -0.3 is 9.84 Å². The lowest BCUT2D eigenvalue weighted by atomic mass is 10.1. The first-order valence-corrected chi connectivity index (χ1v) is 6.87. The van der Waals surface area contributed by atoms with Crippen molar-refractivity contribution in [2.45, 2.75) is 12.8 Å². The van der Waals surface area contributed by atoms with Crippen LogP contribution in [-0.4, -0.2) is 29.8 Å². The number of hydrogen-bond acceptors (Lipinski definition) is 4. The molecule has 0 fully saturated rings. The number of carboxylic acids is 1. The molecular weight excluding hydrogens is 281 g/mol. The average Bonchev–Trinajstić information content (AvgIpc) is 2.79. The number of carbonyl (C=O) groups is 1. The van der Waals surface area contributed by atoms with E-state index in [-0.39, 0.29) is 12.2 Å². The molecule has 2 aromatic rings. The molecule has 1 aromatic heterocycles. The molecule has 4 nitrogen and oxygen atoms in total. The van der Waals surface area contributed by atoms with Gasteiger partial charge in [0.25, 0.3) is 0 Å². The quantitative estimate of drug-likeness (QED) is 0.890. The van der Waals surface area contributed by atoms with Crippen LogP contribution in [-0.2, 0) is 22.4 Å². The van der Waals surface area contributed by atoms with Gasteiger partial charge in [-0.25, -0.2) is 9.37 Å². The van der Waals surface area contributed by atoms with E-state index in [2.05, 4.69) is 4.98 Å². The van der Waals surface area contributed by atoms with Crippen molar-refractivity contribution in [2.75, 3.05) is 13.7 Å². The van der Waals surface area contributed by atoms with E-state index in [1.54, 1.807) is 19.2 Å². The third-order valence-electron chi connectivity index (χ3n) is 2.69.